The zero-order valence-corrected chi connectivity index (χ0v) is 20.2. The van der Waals surface area contributed by atoms with E-state index in [4.69, 9.17) is 4.74 Å². The normalized spacial score (nSPS) is 15.9. The topological polar surface area (TPSA) is 70.3 Å². The van der Waals surface area contributed by atoms with Gasteiger partial charge in [0, 0.05) is 55.3 Å². The first-order chi connectivity index (χ1) is 15.4. The van der Waals surface area contributed by atoms with Gasteiger partial charge in [0.15, 0.2) is 0 Å². The lowest BCUT2D eigenvalue weighted by molar-refractivity contribution is -0.112. The summed E-state index contributed by atoms with van der Waals surface area (Å²) in [6.07, 6.45) is 1.67. The van der Waals surface area contributed by atoms with E-state index in [0.29, 0.717) is 12.3 Å². The molecule has 1 atom stereocenters. The Morgan fingerprint density at radius 3 is 2.75 bits per heavy atom. The molecule has 0 radical (unpaired) electrons. The zero-order chi connectivity index (χ0) is 23.1. The van der Waals surface area contributed by atoms with Crippen molar-refractivity contribution in [2.24, 2.45) is 0 Å². The first kappa shape index (κ1) is 24.1. The Balaban J connectivity index is 1.74. The third-order valence-corrected chi connectivity index (χ3v) is 6.67. The number of nitriles is 1. The van der Waals surface area contributed by atoms with Gasteiger partial charge in [-0.3, -0.25) is 9.69 Å². The van der Waals surface area contributed by atoms with Gasteiger partial charge in [0.1, 0.15) is 11.6 Å². The summed E-state index contributed by atoms with van der Waals surface area (Å²) in [6.45, 7) is 9.75. The molecule has 2 aromatic rings. The predicted molar refractivity (Wildman–Crippen MR) is 132 cm³/mol. The average molecular weight is 453 g/mol. The highest BCUT2D eigenvalue weighted by molar-refractivity contribution is 7.99. The Morgan fingerprint density at radius 2 is 2.06 bits per heavy atom. The van der Waals surface area contributed by atoms with Gasteiger partial charge in [-0.05, 0) is 56.2 Å². The molecular weight excluding hydrogens is 420 g/mol. The van der Waals surface area contributed by atoms with Crippen molar-refractivity contribution >= 4 is 29.4 Å². The van der Waals surface area contributed by atoms with Gasteiger partial charge >= 0.3 is 0 Å². The number of rotatable bonds is 8. The molecule has 1 aliphatic heterocycles. The number of aromatic nitrogens is 1. The number of ether oxygens (including phenoxy) is 1. The molecule has 0 saturated carbocycles. The zero-order valence-electron chi connectivity index (χ0n) is 19.4. The fourth-order valence-electron chi connectivity index (χ4n) is 4.21. The molecule has 1 saturated heterocycles. The summed E-state index contributed by atoms with van der Waals surface area (Å²) in [5, 5.41) is 12.5. The number of aryl methyl sites for hydroxylation is 1. The largest absolute Gasteiger partial charge is 0.383 e. The lowest BCUT2D eigenvalue weighted by atomic mass is 10.1. The van der Waals surface area contributed by atoms with E-state index < -0.39 is 5.91 Å². The molecule has 1 amide bonds. The number of benzene rings is 1. The number of carbonyl (C=O) groups is 1. The van der Waals surface area contributed by atoms with Crippen LogP contribution in [0.15, 0.2) is 35.9 Å². The van der Waals surface area contributed by atoms with Gasteiger partial charge in [-0.1, -0.05) is 12.1 Å². The first-order valence-electron chi connectivity index (χ1n) is 10.9. The van der Waals surface area contributed by atoms with Crippen molar-refractivity contribution in [2.75, 3.05) is 43.6 Å². The van der Waals surface area contributed by atoms with Crippen molar-refractivity contribution in [3.05, 3.63) is 58.4 Å². The predicted octanol–water partition coefficient (Wildman–Crippen LogP) is 4.41. The lowest BCUT2D eigenvalue weighted by Gasteiger charge is -2.26. The van der Waals surface area contributed by atoms with Gasteiger partial charge < -0.3 is 14.6 Å². The van der Waals surface area contributed by atoms with E-state index in [1.54, 1.807) is 13.2 Å². The number of nitrogens with zero attached hydrogens (tertiary/aromatic N) is 3. The minimum absolute atomic E-state index is 0.0862. The maximum Gasteiger partial charge on any atom is 0.266 e. The molecule has 3 rings (SSSR count). The third kappa shape index (κ3) is 6.04. The second kappa shape index (κ2) is 11.4. The molecule has 0 aliphatic carbocycles. The molecule has 1 aromatic heterocycles. The monoisotopic (exact) mass is 452 g/mol. The molecule has 6 nitrogen and oxygen atoms in total. The Labute approximate surface area is 195 Å². The summed E-state index contributed by atoms with van der Waals surface area (Å²) in [5.41, 5.74) is 4.90. The Bertz CT molecular complexity index is 1020. The number of amides is 1. The van der Waals surface area contributed by atoms with Gasteiger partial charge in [0.05, 0.1) is 12.6 Å². The molecule has 32 heavy (non-hydrogen) atoms. The molecule has 0 bridgehead atoms. The van der Waals surface area contributed by atoms with E-state index in [0.717, 1.165) is 53.7 Å². The summed E-state index contributed by atoms with van der Waals surface area (Å²) in [6, 6.07) is 12.1. The van der Waals surface area contributed by atoms with Gasteiger partial charge in [0.2, 0.25) is 0 Å². The van der Waals surface area contributed by atoms with Crippen molar-refractivity contribution in [1.29, 1.82) is 5.26 Å². The maximum atomic E-state index is 12.8. The average Bonchev–Trinajstić information content (AvgIpc) is 3.05. The molecule has 1 N–H and O–H groups in total. The number of anilines is 1. The van der Waals surface area contributed by atoms with Gasteiger partial charge in [-0.15, -0.1) is 0 Å². The van der Waals surface area contributed by atoms with Crippen LogP contribution in [0.1, 0.15) is 35.5 Å². The second-order valence-electron chi connectivity index (χ2n) is 8.21. The standard InChI is InChI=1S/C25H32N4O2S/c1-18-12-22(20(3)29(18)19(2)17-31-4)14-23(15-26)25(30)27-24-7-5-6-21(13-24)16-28-8-10-32-11-9-28/h5-7,12-14,19H,8-11,16-17H2,1-4H3,(H,27,30)/b23-14+. The minimum atomic E-state index is -0.395. The highest BCUT2D eigenvalue weighted by Crippen LogP contribution is 2.23. The van der Waals surface area contributed by atoms with Crippen molar-refractivity contribution < 1.29 is 9.53 Å². The summed E-state index contributed by atoms with van der Waals surface area (Å²) in [4.78, 5) is 15.3. The minimum Gasteiger partial charge on any atom is -0.383 e. The number of carbonyl (C=O) groups excluding carboxylic acids is 1. The van der Waals surface area contributed by atoms with Crippen LogP contribution in [0, 0.1) is 25.2 Å². The number of hydrogen-bond acceptors (Lipinski definition) is 5. The van der Waals surface area contributed by atoms with Crippen LogP contribution in [0.25, 0.3) is 6.08 Å². The van der Waals surface area contributed by atoms with Crippen LogP contribution in [-0.4, -0.2) is 53.7 Å². The van der Waals surface area contributed by atoms with E-state index >= 15 is 0 Å². The van der Waals surface area contributed by atoms with Crippen LogP contribution in [0.4, 0.5) is 5.69 Å². The van der Waals surface area contributed by atoms with E-state index in [-0.39, 0.29) is 11.6 Å². The van der Waals surface area contributed by atoms with E-state index in [9.17, 15) is 10.1 Å². The van der Waals surface area contributed by atoms with E-state index in [1.807, 2.05) is 49.9 Å². The molecule has 1 aromatic carbocycles. The molecule has 170 valence electrons. The number of hydrogen-bond donors (Lipinski definition) is 1. The molecule has 7 heteroatoms. The Kier molecular flexibility index (Phi) is 8.57. The van der Waals surface area contributed by atoms with Gasteiger partial charge in [-0.2, -0.15) is 17.0 Å². The summed E-state index contributed by atoms with van der Waals surface area (Å²) in [7, 11) is 1.68. The second-order valence-corrected chi connectivity index (χ2v) is 9.44. The number of methoxy groups -OCH3 is 1. The lowest BCUT2D eigenvalue weighted by Crippen LogP contribution is -2.31. The molecular formula is C25H32N4O2S. The number of thioether (sulfide) groups is 1. The van der Waals surface area contributed by atoms with E-state index in [2.05, 4.69) is 33.8 Å². The van der Waals surface area contributed by atoms with Crippen LogP contribution in [0.3, 0.4) is 0 Å². The SMILES string of the molecule is COCC(C)n1c(C)cc(/C=C(\C#N)C(=O)Nc2cccc(CN3CCSCC3)c2)c1C. The van der Waals surface area contributed by atoms with Crippen molar-refractivity contribution in [1.82, 2.24) is 9.47 Å². The van der Waals surface area contributed by atoms with Crippen LogP contribution < -0.4 is 5.32 Å². The summed E-state index contributed by atoms with van der Waals surface area (Å²) in [5.74, 6) is 1.93. The number of nitrogens with one attached hydrogen (secondary N) is 1. The van der Waals surface area contributed by atoms with Gasteiger partial charge in [-0.25, -0.2) is 0 Å². The highest BCUT2D eigenvalue weighted by atomic mass is 32.2. The molecule has 1 fully saturated rings. The molecule has 1 aliphatic rings. The fourth-order valence-corrected chi connectivity index (χ4v) is 5.19. The highest BCUT2D eigenvalue weighted by Gasteiger charge is 2.16. The quantitative estimate of drug-likeness (QED) is 0.475. The first-order valence-corrected chi connectivity index (χ1v) is 12.1. The molecule has 1 unspecified atom stereocenters. The van der Waals surface area contributed by atoms with Crippen molar-refractivity contribution in [3.8, 4) is 6.07 Å². The summed E-state index contributed by atoms with van der Waals surface area (Å²) >= 11 is 1.99. The third-order valence-electron chi connectivity index (χ3n) is 5.73. The fraction of sp³-hybridized carbons (Fsp3) is 0.440. The van der Waals surface area contributed by atoms with Gasteiger partial charge in [0.25, 0.3) is 5.91 Å². The van der Waals surface area contributed by atoms with Crippen molar-refractivity contribution in [2.45, 2.75) is 33.4 Å². The summed E-state index contributed by atoms with van der Waals surface area (Å²) < 4.78 is 7.46. The van der Waals surface area contributed by atoms with Crippen molar-refractivity contribution in [3.63, 3.8) is 0 Å². The van der Waals surface area contributed by atoms with Crippen LogP contribution in [-0.2, 0) is 16.1 Å². The molecule has 2 heterocycles. The molecule has 0 spiro atoms. The Morgan fingerprint density at radius 1 is 1.31 bits per heavy atom. The maximum absolute atomic E-state index is 12.8. The Hall–Kier alpha value is -2.53. The van der Waals surface area contributed by atoms with Crippen LogP contribution >= 0.6 is 11.8 Å². The smallest absolute Gasteiger partial charge is 0.266 e. The van der Waals surface area contributed by atoms with E-state index in [1.165, 1.54) is 0 Å². The van der Waals surface area contributed by atoms with Crippen LogP contribution in [0.2, 0.25) is 0 Å². The van der Waals surface area contributed by atoms with Crippen LogP contribution in [0.5, 0.6) is 0 Å².